The van der Waals surface area contributed by atoms with Gasteiger partial charge in [-0.1, -0.05) is 11.6 Å². The van der Waals surface area contributed by atoms with Crippen molar-refractivity contribution in [3.63, 3.8) is 0 Å². The van der Waals surface area contributed by atoms with E-state index in [4.69, 9.17) is 21.1 Å². The average molecular weight is 400 g/mol. The Labute approximate surface area is 153 Å². The molecule has 2 aliphatic rings. The molecular formula is C15H14ClN3O6S. The minimum atomic E-state index is -3.88. The van der Waals surface area contributed by atoms with E-state index in [1.54, 1.807) is 0 Å². The van der Waals surface area contributed by atoms with Gasteiger partial charge in [-0.2, -0.15) is 0 Å². The SMILES string of the molecule is CS(=O)(=O)c1c(NCC2=NCCN2)cc(Cl)c2c1OC(=O)/C=C/C(=O)O2. The molecule has 9 nitrogen and oxygen atoms in total. The third-order valence-electron chi connectivity index (χ3n) is 3.47. The van der Waals surface area contributed by atoms with Gasteiger partial charge >= 0.3 is 11.9 Å². The molecular weight excluding hydrogens is 386 g/mol. The standard InChI is InChI=1S/C15H14ClN3O6S/c1-26(22,23)15-9(19-7-10-17-4-5-18-10)6-8(16)13-14(15)25-12(21)3-2-11(20)24-13/h2-3,6,19H,4-5,7H2,1H3,(H,17,18)/b3-2+. The maximum absolute atomic E-state index is 12.3. The molecule has 0 aliphatic carbocycles. The summed E-state index contributed by atoms with van der Waals surface area (Å²) < 4.78 is 34.8. The maximum Gasteiger partial charge on any atom is 0.336 e. The number of carbonyl (C=O) groups excluding carboxylic acids is 2. The molecule has 0 aromatic heterocycles. The van der Waals surface area contributed by atoms with Gasteiger partial charge in [-0.05, 0) is 6.07 Å². The third-order valence-corrected chi connectivity index (χ3v) is 4.89. The Morgan fingerprint density at radius 3 is 2.46 bits per heavy atom. The van der Waals surface area contributed by atoms with Crippen molar-refractivity contribution in [3.05, 3.63) is 23.2 Å². The molecule has 1 aromatic carbocycles. The van der Waals surface area contributed by atoms with Gasteiger partial charge in [-0.3, -0.25) is 4.99 Å². The summed E-state index contributed by atoms with van der Waals surface area (Å²) in [7, 11) is -3.88. The van der Waals surface area contributed by atoms with Crippen molar-refractivity contribution in [2.24, 2.45) is 4.99 Å². The molecule has 2 aliphatic heterocycles. The Balaban J connectivity index is 2.12. The van der Waals surface area contributed by atoms with E-state index in [0.717, 1.165) is 18.4 Å². The molecule has 0 fully saturated rings. The Bertz CT molecular complexity index is 955. The molecule has 0 saturated heterocycles. The molecule has 0 amide bonds. The van der Waals surface area contributed by atoms with Gasteiger partial charge in [-0.25, -0.2) is 18.0 Å². The summed E-state index contributed by atoms with van der Waals surface area (Å²) in [5.41, 5.74) is 0.0982. The summed E-state index contributed by atoms with van der Waals surface area (Å²) in [6.45, 7) is 1.53. The first kappa shape index (κ1) is 18.2. The molecule has 138 valence electrons. The molecule has 2 heterocycles. The lowest BCUT2D eigenvalue weighted by atomic mass is 10.2. The van der Waals surface area contributed by atoms with E-state index in [1.165, 1.54) is 6.07 Å². The van der Waals surface area contributed by atoms with Crippen LogP contribution in [0.3, 0.4) is 0 Å². The van der Waals surface area contributed by atoms with Crippen LogP contribution in [0.15, 0.2) is 28.1 Å². The highest BCUT2D eigenvalue weighted by Gasteiger charge is 2.30. The third kappa shape index (κ3) is 3.81. The van der Waals surface area contributed by atoms with Crippen LogP contribution in [0.1, 0.15) is 0 Å². The Kier molecular flexibility index (Phi) is 4.88. The number of esters is 2. The van der Waals surface area contributed by atoms with Crippen molar-refractivity contribution in [2.75, 3.05) is 31.2 Å². The number of halogens is 1. The lowest BCUT2D eigenvalue weighted by molar-refractivity contribution is -0.133. The number of sulfone groups is 1. The van der Waals surface area contributed by atoms with Gasteiger partial charge in [-0.15, -0.1) is 0 Å². The number of benzene rings is 1. The van der Waals surface area contributed by atoms with Crippen molar-refractivity contribution in [3.8, 4) is 11.5 Å². The summed E-state index contributed by atoms with van der Waals surface area (Å²) in [4.78, 5) is 27.3. The second-order valence-electron chi connectivity index (χ2n) is 5.45. The predicted octanol–water partition coefficient (Wildman–Crippen LogP) is 0.538. The monoisotopic (exact) mass is 399 g/mol. The van der Waals surface area contributed by atoms with Crippen LogP contribution in [0, 0.1) is 0 Å². The predicted molar refractivity (Wildman–Crippen MR) is 93.8 cm³/mol. The topological polar surface area (TPSA) is 123 Å². The number of hydrogen-bond donors (Lipinski definition) is 2. The second kappa shape index (κ2) is 6.96. The molecule has 2 N–H and O–H groups in total. The molecule has 0 spiro atoms. The quantitative estimate of drug-likeness (QED) is 0.555. The zero-order valence-electron chi connectivity index (χ0n) is 13.5. The van der Waals surface area contributed by atoms with Crippen LogP contribution in [0.5, 0.6) is 11.5 Å². The van der Waals surface area contributed by atoms with Crippen molar-refractivity contribution in [1.29, 1.82) is 0 Å². The number of fused-ring (bicyclic) bond motifs is 1. The molecule has 1 aromatic rings. The van der Waals surface area contributed by atoms with Crippen LogP contribution in [0.4, 0.5) is 5.69 Å². The van der Waals surface area contributed by atoms with Crippen LogP contribution in [-0.4, -0.2) is 52.1 Å². The molecule has 0 unspecified atom stereocenters. The Hall–Kier alpha value is -2.59. The van der Waals surface area contributed by atoms with E-state index in [0.29, 0.717) is 18.9 Å². The summed E-state index contributed by atoms with van der Waals surface area (Å²) in [5.74, 6) is -1.93. The van der Waals surface area contributed by atoms with Crippen LogP contribution in [-0.2, 0) is 19.4 Å². The molecule has 11 heteroatoms. The molecule has 26 heavy (non-hydrogen) atoms. The van der Waals surface area contributed by atoms with E-state index < -0.39 is 27.5 Å². The van der Waals surface area contributed by atoms with E-state index in [9.17, 15) is 18.0 Å². The number of rotatable bonds is 4. The summed E-state index contributed by atoms with van der Waals surface area (Å²) in [6.07, 6.45) is 2.64. The van der Waals surface area contributed by atoms with Crippen LogP contribution >= 0.6 is 11.6 Å². The number of anilines is 1. The van der Waals surface area contributed by atoms with Gasteiger partial charge < -0.3 is 20.1 Å². The summed E-state index contributed by atoms with van der Waals surface area (Å²) in [6, 6.07) is 1.29. The maximum atomic E-state index is 12.3. The number of nitrogens with zero attached hydrogens (tertiary/aromatic N) is 1. The van der Waals surface area contributed by atoms with Crippen molar-refractivity contribution in [2.45, 2.75) is 4.90 Å². The van der Waals surface area contributed by atoms with Crippen molar-refractivity contribution < 1.29 is 27.5 Å². The van der Waals surface area contributed by atoms with E-state index >= 15 is 0 Å². The van der Waals surface area contributed by atoms with Gasteiger partial charge in [0.1, 0.15) is 10.7 Å². The van der Waals surface area contributed by atoms with Gasteiger partial charge in [0.25, 0.3) is 0 Å². The number of ether oxygens (including phenoxy) is 2. The lowest BCUT2D eigenvalue weighted by Crippen LogP contribution is -2.26. The number of nitrogens with one attached hydrogen (secondary N) is 2. The van der Waals surface area contributed by atoms with E-state index in [1.807, 2.05) is 0 Å². The number of carbonyl (C=O) groups is 2. The van der Waals surface area contributed by atoms with Gasteiger partial charge in [0.05, 0.1) is 23.8 Å². The smallest absolute Gasteiger partial charge is 0.336 e. The van der Waals surface area contributed by atoms with Crippen molar-refractivity contribution >= 4 is 44.9 Å². The van der Waals surface area contributed by atoms with Gasteiger partial charge in [0.2, 0.25) is 0 Å². The zero-order chi connectivity index (χ0) is 18.9. The summed E-state index contributed by atoms with van der Waals surface area (Å²) >= 11 is 6.13. The van der Waals surface area contributed by atoms with Crippen LogP contribution in [0.2, 0.25) is 5.02 Å². The average Bonchev–Trinajstić information content (AvgIpc) is 3.05. The molecule has 3 rings (SSSR count). The first-order valence-corrected chi connectivity index (χ1v) is 9.72. The molecule has 0 saturated carbocycles. The van der Waals surface area contributed by atoms with Gasteiger partial charge in [0.15, 0.2) is 21.3 Å². The lowest BCUT2D eigenvalue weighted by Gasteiger charge is -2.19. The summed E-state index contributed by atoms with van der Waals surface area (Å²) in [5, 5.41) is 5.85. The first-order valence-electron chi connectivity index (χ1n) is 7.45. The second-order valence-corrected chi connectivity index (χ2v) is 7.81. The number of amidine groups is 1. The fourth-order valence-corrected chi connectivity index (χ4v) is 3.66. The molecule has 0 atom stereocenters. The highest BCUT2D eigenvalue weighted by molar-refractivity contribution is 7.91. The fourth-order valence-electron chi connectivity index (χ4n) is 2.43. The van der Waals surface area contributed by atoms with Crippen molar-refractivity contribution in [1.82, 2.24) is 5.32 Å². The molecule has 0 radical (unpaired) electrons. The largest absolute Gasteiger partial charge is 0.418 e. The van der Waals surface area contributed by atoms with E-state index in [2.05, 4.69) is 15.6 Å². The van der Waals surface area contributed by atoms with Gasteiger partial charge in [0, 0.05) is 25.0 Å². The van der Waals surface area contributed by atoms with Crippen LogP contribution in [0.25, 0.3) is 0 Å². The normalized spacial score (nSPS) is 17.8. The minimum absolute atomic E-state index is 0.0901. The number of hydrogen-bond acceptors (Lipinski definition) is 9. The highest BCUT2D eigenvalue weighted by Crippen LogP contribution is 2.45. The van der Waals surface area contributed by atoms with E-state index in [-0.39, 0.29) is 27.9 Å². The fraction of sp³-hybridized carbons (Fsp3) is 0.267. The molecule has 0 bridgehead atoms. The Morgan fingerprint density at radius 2 is 1.88 bits per heavy atom. The number of aliphatic imine (C=N–C) groups is 1. The van der Waals surface area contributed by atoms with Crippen LogP contribution < -0.4 is 20.1 Å². The highest BCUT2D eigenvalue weighted by atomic mass is 35.5. The first-order chi connectivity index (χ1) is 12.3. The Morgan fingerprint density at radius 1 is 1.23 bits per heavy atom. The minimum Gasteiger partial charge on any atom is -0.418 e. The zero-order valence-corrected chi connectivity index (χ0v) is 15.1.